The van der Waals surface area contributed by atoms with Crippen LogP contribution in [0.2, 0.25) is 5.02 Å². The van der Waals surface area contributed by atoms with Gasteiger partial charge in [-0.25, -0.2) is 4.68 Å². The zero-order chi connectivity index (χ0) is 20.3. The minimum Gasteiger partial charge on any atom is -0.467 e. The van der Waals surface area contributed by atoms with Crippen molar-refractivity contribution in [3.63, 3.8) is 0 Å². The fourth-order valence-corrected chi connectivity index (χ4v) is 3.13. The van der Waals surface area contributed by atoms with Crippen molar-refractivity contribution in [3.05, 3.63) is 52.9 Å². The van der Waals surface area contributed by atoms with Crippen molar-refractivity contribution in [3.8, 4) is 0 Å². The number of carbonyl (C=O) groups excluding carboxylic acids is 1. The molecule has 0 aliphatic carbocycles. The number of thioether (sulfide) groups is 1. The molecule has 1 N–H and O–H groups in total. The Hall–Kier alpha value is -2.53. The number of hydrogen-bond acceptors (Lipinski definition) is 6. The van der Waals surface area contributed by atoms with Crippen molar-refractivity contribution >= 4 is 35.0 Å². The molecular weight excluding hydrogens is 419 g/mol. The largest absolute Gasteiger partial charge is 0.467 e. The van der Waals surface area contributed by atoms with Gasteiger partial charge in [0.25, 0.3) is 0 Å². The molecule has 0 radical (unpaired) electrons. The van der Waals surface area contributed by atoms with Crippen LogP contribution >= 0.6 is 23.4 Å². The van der Waals surface area contributed by atoms with Gasteiger partial charge in [-0.1, -0.05) is 23.4 Å². The molecule has 0 saturated carbocycles. The molecule has 0 unspecified atom stereocenters. The summed E-state index contributed by atoms with van der Waals surface area (Å²) < 4.78 is 45.2. The summed E-state index contributed by atoms with van der Waals surface area (Å²) in [5, 5.41) is 13.3. The van der Waals surface area contributed by atoms with E-state index in [9.17, 15) is 18.0 Å². The fraction of sp³-hybridized carbons (Fsp3) is 0.250. The number of nitrogens with one attached hydrogen (secondary N) is 1. The fourth-order valence-electron chi connectivity index (χ4n) is 2.17. The van der Waals surface area contributed by atoms with E-state index in [0.717, 1.165) is 30.0 Å². The van der Waals surface area contributed by atoms with E-state index in [-0.39, 0.29) is 17.3 Å². The number of amides is 1. The second-order valence-electron chi connectivity index (χ2n) is 5.64. The van der Waals surface area contributed by atoms with Gasteiger partial charge in [-0.05, 0) is 47.7 Å². The average Bonchev–Trinajstić information content (AvgIpc) is 3.28. The Labute approximate surface area is 166 Å². The van der Waals surface area contributed by atoms with Crippen LogP contribution in [-0.2, 0) is 17.5 Å². The van der Waals surface area contributed by atoms with Gasteiger partial charge in [0.05, 0.1) is 27.8 Å². The number of tetrazole rings is 1. The van der Waals surface area contributed by atoms with Gasteiger partial charge >= 0.3 is 6.18 Å². The van der Waals surface area contributed by atoms with Crippen molar-refractivity contribution in [2.45, 2.75) is 30.1 Å². The molecule has 0 spiro atoms. The van der Waals surface area contributed by atoms with Crippen molar-refractivity contribution in [2.75, 3.05) is 5.32 Å². The van der Waals surface area contributed by atoms with Crippen LogP contribution in [0.5, 0.6) is 0 Å². The maximum absolute atomic E-state index is 12.9. The maximum atomic E-state index is 12.9. The van der Waals surface area contributed by atoms with Crippen LogP contribution in [0.1, 0.15) is 18.2 Å². The summed E-state index contributed by atoms with van der Waals surface area (Å²) in [6, 6.07) is 6.20. The highest BCUT2D eigenvalue weighted by Gasteiger charge is 2.31. The van der Waals surface area contributed by atoms with Crippen LogP contribution in [0, 0.1) is 0 Å². The molecule has 3 rings (SSSR count). The summed E-state index contributed by atoms with van der Waals surface area (Å²) in [6.45, 7) is 1.85. The average molecular weight is 432 g/mol. The molecular formula is C16H13ClF3N5O2S. The van der Waals surface area contributed by atoms with Gasteiger partial charge < -0.3 is 9.73 Å². The number of aromatic nitrogens is 4. The smallest absolute Gasteiger partial charge is 0.416 e. The highest BCUT2D eigenvalue weighted by molar-refractivity contribution is 8.00. The third-order valence-corrected chi connectivity index (χ3v) is 4.99. The summed E-state index contributed by atoms with van der Waals surface area (Å²) in [5.74, 6) is 0.0841. The molecule has 2 aromatic heterocycles. The lowest BCUT2D eigenvalue weighted by Gasteiger charge is -2.14. The van der Waals surface area contributed by atoms with E-state index in [1.807, 2.05) is 0 Å². The van der Waals surface area contributed by atoms with Crippen LogP contribution in [0.25, 0.3) is 0 Å². The molecule has 3 aromatic rings. The Kier molecular flexibility index (Phi) is 5.94. The first-order chi connectivity index (χ1) is 13.2. The summed E-state index contributed by atoms with van der Waals surface area (Å²) in [6.07, 6.45) is -3.03. The highest BCUT2D eigenvalue weighted by Crippen LogP contribution is 2.34. The number of alkyl halides is 3. The quantitative estimate of drug-likeness (QED) is 0.591. The SMILES string of the molecule is C[C@H](Sc1nnnn1Cc1ccco1)C(=O)Nc1cc(C(F)(F)F)ccc1Cl. The summed E-state index contributed by atoms with van der Waals surface area (Å²) >= 11 is 6.96. The molecule has 0 aliphatic rings. The highest BCUT2D eigenvalue weighted by atomic mass is 35.5. The van der Waals surface area contributed by atoms with Gasteiger partial charge in [-0.15, -0.1) is 5.10 Å². The maximum Gasteiger partial charge on any atom is 0.416 e. The Bertz CT molecular complexity index is 962. The van der Waals surface area contributed by atoms with E-state index in [4.69, 9.17) is 16.0 Å². The van der Waals surface area contributed by atoms with Gasteiger partial charge in [0.2, 0.25) is 11.1 Å². The van der Waals surface area contributed by atoms with Crippen LogP contribution < -0.4 is 5.32 Å². The van der Waals surface area contributed by atoms with Gasteiger partial charge in [0.15, 0.2) is 0 Å². The molecule has 28 heavy (non-hydrogen) atoms. The standard InChI is InChI=1S/C16H13ClF3N5O2S/c1-9(28-15-22-23-24-25(15)8-11-3-2-6-27-11)14(26)21-13-7-10(16(18,19)20)4-5-12(13)17/h2-7,9H,8H2,1H3,(H,21,26)/t9-/m0/s1. The Morgan fingerprint density at radius 1 is 1.39 bits per heavy atom. The molecule has 12 heteroatoms. The van der Waals surface area contributed by atoms with Crippen molar-refractivity contribution in [1.29, 1.82) is 0 Å². The monoisotopic (exact) mass is 431 g/mol. The first-order valence-corrected chi connectivity index (χ1v) is 9.12. The minimum atomic E-state index is -4.54. The molecule has 0 saturated heterocycles. The molecule has 1 amide bonds. The molecule has 0 fully saturated rings. The number of carbonyl (C=O) groups is 1. The summed E-state index contributed by atoms with van der Waals surface area (Å²) in [4.78, 5) is 12.4. The first kappa shape index (κ1) is 20.2. The molecule has 1 atom stereocenters. The van der Waals surface area contributed by atoms with Gasteiger partial charge in [0.1, 0.15) is 12.3 Å². The van der Waals surface area contributed by atoms with Crippen LogP contribution in [0.3, 0.4) is 0 Å². The number of halogens is 4. The summed E-state index contributed by atoms with van der Waals surface area (Å²) in [7, 11) is 0. The van der Waals surface area contributed by atoms with E-state index < -0.39 is 22.9 Å². The lowest BCUT2D eigenvalue weighted by Crippen LogP contribution is -2.23. The molecule has 148 valence electrons. The molecule has 2 heterocycles. The predicted octanol–water partition coefficient (Wildman–Crippen LogP) is 4.11. The van der Waals surface area contributed by atoms with Gasteiger partial charge in [0, 0.05) is 0 Å². The first-order valence-electron chi connectivity index (χ1n) is 7.87. The van der Waals surface area contributed by atoms with E-state index in [0.29, 0.717) is 10.9 Å². The predicted molar refractivity (Wildman–Crippen MR) is 96.0 cm³/mol. The minimum absolute atomic E-state index is 0.00111. The number of furan rings is 1. The zero-order valence-electron chi connectivity index (χ0n) is 14.3. The van der Waals surface area contributed by atoms with Crippen molar-refractivity contribution in [1.82, 2.24) is 20.2 Å². The van der Waals surface area contributed by atoms with Crippen LogP contribution in [0.4, 0.5) is 18.9 Å². The lowest BCUT2D eigenvalue weighted by atomic mass is 10.2. The van der Waals surface area contributed by atoms with E-state index in [1.165, 1.54) is 10.9 Å². The van der Waals surface area contributed by atoms with Gasteiger partial charge in [-0.2, -0.15) is 13.2 Å². The number of nitrogens with zero attached hydrogens (tertiary/aromatic N) is 4. The number of rotatable bonds is 6. The number of anilines is 1. The van der Waals surface area contributed by atoms with Crippen LogP contribution in [-0.4, -0.2) is 31.4 Å². The Balaban J connectivity index is 1.68. The topological polar surface area (TPSA) is 85.8 Å². The van der Waals surface area contributed by atoms with Gasteiger partial charge in [-0.3, -0.25) is 4.79 Å². The van der Waals surface area contributed by atoms with Crippen molar-refractivity contribution < 1.29 is 22.4 Å². The normalized spacial score (nSPS) is 12.8. The van der Waals surface area contributed by atoms with E-state index in [1.54, 1.807) is 19.1 Å². The second kappa shape index (κ2) is 8.23. The van der Waals surface area contributed by atoms with E-state index in [2.05, 4.69) is 20.8 Å². The van der Waals surface area contributed by atoms with Crippen molar-refractivity contribution in [2.24, 2.45) is 0 Å². The molecule has 0 aliphatic heterocycles. The van der Waals surface area contributed by atoms with E-state index >= 15 is 0 Å². The third-order valence-electron chi connectivity index (χ3n) is 3.59. The lowest BCUT2D eigenvalue weighted by molar-refractivity contribution is -0.137. The molecule has 1 aromatic carbocycles. The Morgan fingerprint density at radius 2 is 2.18 bits per heavy atom. The third kappa shape index (κ3) is 4.84. The molecule has 7 nitrogen and oxygen atoms in total. The number of benzene rings is 1. The van der Waals surface area contributed by atoms with Crippen LogP contribution in [0.15, 0.2) is 46.2 Å². The number of hydrogen-bond donors (Lipinski definition) is 1. The Morgan fingerprint density at radius 3 is 2.86 bits per heavy atom. The summed E-state index contributed by atoms with van der Waals surface area (Å²) in [5.41, 5.74) is -1.03. The zero-order valence-corrected chi connectivity index (χ0v) is 15.8. The molecule has 0 bridgehead atoms. The second-order valence-corrected chi connectivity index (χ2v) is 7.36.